The van der Waals surface area contributed by atoms with Gasteiger partial charge in [0.05, 0.1) is 20.8 Å². The largest absolute Gasteiger partial charge is 0.497 e. The van der Waals surface area contributed by atoms with E-state index in [9.17, 15) is 4.79 Å². The second-order valence-corrected chi connectivity index (χ2v) is 7.41. The van der Waals surface area contributed by atoms with Crippen molar-refractivity contribution in [1.29, 1.82) is 0 Å². The zero-order valence-corrected chi connectivity index (χ0v) is 17.3. The Bertz CT molecular complexity index is 821. The maximum atomic E-state index is 12.9. The van der Waals surface area contributed by atoms with Crippen molar-refractivity contribution in [3.63, 3.8) is 0 Å². The molecule has 150 valence electrons. The Kier molecular flexibility index (Phi) is 6.57. The highest BCUT2D eigenvalue weighted by Gasteiger charge is 2.30. The molecule has 5 heteroatoms. The summed E-state index contributed by atoms with van der Waals surface area (Å²) in [6.45, 7) is 4.04. The predicted octanol–water partition coefficient (Wildman–Crippen LogP) is 3.81. The topological polar surface area (TPSA) is 42.0 Å². The van der Waals surface area contributed by atoms with Crippen LogP contribution >= 0.6 is 0 Å². The summed E-state index contributed by atoms with van der Waals surface area (Å²) in [5.41, 5.74) is 3.49. The van der Waals surface area contributed by atoms with Crippen LogP contribution in [0.2, 0.25) is 0 Å². The van der Waals surface area contributed by atoms with Gasteiger partial charge in [0.2, 0.25) is 5.91 Å². The van der Waals surface area contributed by atoms with Crippen LogP contribution < -0.4 is 9.47 Å². The Morgan fingerprint density at radius 2 is 1.96 bits per heavy atom. The Morgan fingerprint density at radius 3 is 2.68 bits per heavy atom. The minimum Gasteiger partial charge on any atom is -0.497 e. The molecule has 5 nitrogen and oxygen atoms in total. The van der Waals surface area contributed by atoms with Gasteiger partial charge in [0.15, 0.2) is 0 Å². The number of likely N-dealkylation sites (tertiary alicyclic amines) is 1. The molecule has 0 aliphatic carbocycles. The van der Waals surface area contributed by atoms with E-state index in [-0.39, 0.29) is 11.9 Å². The van der Waals surface area contributed by atoms with E-state index in [0.29, 0.717) is 13.1 Å². The van der Waals surface area contributed by atoms with Crippen LogP contribution in [0.1, 0.15) is 35.6 Å². The van der Waals surface area contributed by atoms with Gasteiger partial charge in [0, 0.05) is 25.2 Å². The summed E-state index contributed by atoms with van der Waals surface area (Å²) >= 11 is 0. The second kappa shape index (κ2) is 9.11. The summed E-state index contributed by atoms with van der Waals surface area (Å²) in [6.07, 6.45) is 2.08. The highest BCUT2D eigenvalue weighted by Crippen LogP contribution is 2.38. The number of benzene rings is 2. The third-order valence-corrected chi connectivity index (χ3v) is 5.59. The molecule has 1 atom stereocenters. The van der Waals surface area contributed by atoms with Crippen molar-refractivity contribution in [3.8, 4) is 11.5 Å². The highest BCUT2D eigenvalue weighted by atomic mass is 16.5. The van der Waals surface area contributed by atoms with Crippen LogP contribution in [0.4, 0.5) is 0 Å². The molecule has 1 aliphatic heterocycles. The minimum atomic E-state index is 0.136. The molecule has 2 aromatic rings. The van der Waals surface area contributed by atoms with Gasteiger partial charge in [-0.05, 0) is 55.6 Å². The first-order valence-corrected chi connectivity index (χ1v) is 9.78. The smallest absolute Gasteiger partial charge is 0.236 e. The summed E-state index contributed by atoms with van der Waals surface area (Å²) in [4.78, 5) is 17.0. The molecule has 28 heavy (non-hydrogen) atoms. The van der Waals surface area contributed by atoms with E-state index in [1.165, 1.54) is 11.1 Å². The zero-order chi connectivity index (χ0) is 20.1. The molecule has 3 rings (SSSR count). The van der Waals surface area contributed by atoms with Crippen LogP contribution in [-0.2, 0) is 11.3 Å². The third kappa shape index (κ3) is 4.47. The van der Waals surface area contributed by atoms with E-state index in [4.69, 9.17) is 9.47 Å². The van der Waals surface area contributed by atoms with Gasteiger partial charge in [-0.2, -0.15) is 0 Å². The summed E-state index contributed by atoms with van der Waals surface area (Å²) in [7, 11) is 5.24. The van der Waals surface area contributed by atoms with Crippen molar-refractivity contribution in [1.82, 2.24) is 9.80 Å². The summed E-state index contributed by atoms with van der Waals surface area (Å²) < 4.78 is 11.0. The van der Waals surface area contributed by atoms with Gasteiger partial charge >= 0.3 is 0 Å². The van der Waals surface area contributed by atoms with E-state index >= 15 is 0 Å². The van der Waals surface area contributed by atoms with E-state index in [2.05, 4.69) is 24.0 Å². The van der Waals surface area contributed by atoms with Crippen molar-refractivity contribution in [3.05, 3.63) is 59.2 Å². The summed E-state index contributed by atoms with van der Waals surface area (Å²) in [6, 6.07) is 14.3. The first-order chi connectivity index (χ1) is 13.5. The monoisotopic (exact) mass is 382 g/mol. The fraction of sp³-hybridized carbons (Fsp3) is 0.435. The molecule has 1 fully saturated rings. The number of hydrogen-bond acceptors (Lipinski definition) is 4. The van der Waals surface area contributed by atoms with Gasteiger partial charge in [-0.3, -0.25) is 9.69 Å². The molecule has 0 N–H and O–H groups in total. The van der Waals surface area contributed by atoms with Crippen LogP contribution in [0, 0.1) is 6.92 Å². The SMILES string of the molecule is COc1ccc(OC)c([C@H]2CCCN2CC(=O)N(C)Cc2ccccc2C)c1. The number of ether oxygens (including phenoxy) is 2. The minimum absolute atomic E-state index is 0.136. The first kappa shape index (κ1) is 20.2. The lowest BCUT2D eigenvalue weighted by molar-refractivity contribution is -0.131. The predicted molar refractivity (Wildman–Crippen MR) is 111 cm³/mol. The van der Waals surface area contributed by atoms with Crippen molar-refractivity contribution >= 4 is 5.91 Å². The lowest BCUT2D eigenvalue weighted by atomic mass is 10.0. The normalized spacial score (nSPS) is 16.8. The summed E-state index contributed by atoms with van der Waals surface area (Å²) in [5, 5.41) is 0. The number of likely N-dealkylation sites (N-methyl/N-ethyl adjacent to an activating group) is 1. The Balaban J connectivity index is 1.71. The number of hydrogen-bond donors (Lipinski definition) is 0. The van der Waals surface area contributed by atoms with Gasteiger partial charge in [-0.1, -0.05) is 24.3 Å². The van der Waals surface area contributed by atoms with Crippen LogP contribution in [0.5, 0.6) is 11.5 Å². The lowest BCUT2D eigenvalue weighted by Crippen LogP contribution is -2.38. The number of carbonyl (C=O) groups is 1. The Labute approximate surface area is 167 Å². The van der Waals surface area contributed by atoms with Crippen molar-refractivity contribution < 1.29 is 14.3 Å². The number of rotatable bonds is 7. The Morgan fingerprint density at radius 1 is 1.18 bits per heavy atom. The standard InChI is InChI=1S/C23H30N2O3/c1-17-8-5-6-9-18(17)15-24(2)23(26)16-25-13-7-10-21(25)20-14-19(27-3)11-12-22(20)28-4/h5-6,8-9,11-12,14,21H,7,10,13,15-16H2,1-4H3/t21-/m1/s1. The van der Waals surface area contributed by atoms with Gasteiger partial charge in [-0.15, -0.1) is 0 Å². The average molecular weight is 383 g/mol. The van der Waals surface area contributed by atoms with Crippen molar-refractivity contribution in [2.75, 3.05) is 34.4 Å². The van der Waals surface area contributed by atoms with Gasteiger partial charge in [-0.25, -0.2) is 0 Å². The van der Waals surface area contributed by atoms with Crippen LogP contribution in [0.25, 0.3) is 0 Å². The number of methoxy groups -OCH3 is 2. The molecule has 0 aromatic heterocycles. The Hall–Kier alpha value is -2.53. The van der Waals surface area contributed by atoms with E-state index in [1.807, 2.05) is 42.3 Å². The second-order valence-electron chi connectivity index (χ2n) is 7.41. The maximum Gasteiger partial charge on any atom is 0.236 e. The molecule has 1 saturated heterocycles. The van der Waals surface area contributed by atoms with E-state index in [1.54, 1.807) is 14.2 Å². The van der Waals surface area contributed by atoms with Gasteiger partial charge in [0.1, 0.15) is 11.5 Å². The molecule has 0 spiro atoms. The van der Waals surface area contributed by atoms with E-state index in [0.717, 1.165) is 36.4 Å². The molecule has 2 aromatic carbocycles. The van der Waals surface area contributed by atoms with Crippen LogP contribution in [-0.4, -0.2) is 50.1 Å². The average Bonchev–Trinajstić information content (AvgIpc) is 3.17. The fourth-order valence-electron chi connectivity index (χ4n) is 3.89. The third-order valence-electron chi connectivity index (χ3n) is 5.59. The van der Waals surface area contributed by atoms with Gasteiger partial charge < -0.3 is 14.4 Å². The number of amides is 1. The van der Waals surface area contributed by atoms with Crippen LogP contribution in [0.15, 0.2) is 42.5 Å². The molecular weight excluding hydrogens is 352 g/mol. The van der Waals surface area contributed by atoms with Crippen molar-refractivity contribution in [2.45, 2.75) is 32.4 Å². The molecule has 0 unspecified atom stereocenters. The number of nitrogens with zero attached hydrogens (tertiary/aromatic N) is 2. The molecule has 0 bridgehead atoms. The quantitative estimate of drug-likeness (QED) is 0.730. The molecule has 0 radical (unpaired) electrons. The molecule has 1 heterocycles. The number of aryl methyl sites for hydroxylation is 1. The van der Waals surface area contributed by atoms with Crippen molar-refractivity contribution in [2.24, 2.45) is 0 Å². The number of carbonyl (C=O) groups excluding carboxylic acids is 1. The fourth-order valence-corrected chi connectivity index (χ4v) is 3.89. The molecular formula is C23H30N2O3. The summed E-state index contributed by atoms with van der Waals surface area (Å²) in [5.74, 6) is 1.79. The molecule has 1 amide bonds. The highest BCUT2D eigenvalue weighted by molar-refractivity contribution is 5.78. The molecule has 0 saturated carbocycles. The van der Waals surface area contributed by atoms with Gasteiger partial charge in [0.25, 0.3) is 0 Å². The van der Waals surface area contributed by atoms with E-state index < -0.39 is 0 Å². The molecule has 1 aliphatic rings. The van der Waals surface area contributed by atoms with Crippen LogP contribution in [0.3, 0.4) is 0 Å². The zero-order valence-electron chi connectivity index (χ0n) is 17.3. The maximum absolute atomic E-state index is 12.9. The lowest BCUT2D eigenvalue weighted by Gasteiger charge is -2.28. The first-order valence-electron chi connectivity index (χ1n) is 9.78.